The Bertz CT molecular complexity index is 428. The minimum Gasteiger partial charge on any atom is -0.357 e. The molecule has 0 aromatic rings. The highest BCUT2D eigenvalue weighted by atomic mass is 15.2. The molecule has 2 heteroatoms. The van der Waals surface area contributed by atoms with E-state index in [1.165, 1.54) is 57.4 Å². The molecule has 1 heterocycles. The molecule has 0 atom stereocenters. The summed E-state index contributed by atoms with van der Waals surface area (Å²) in [5, 5.41) is 0. The van der Waals surface area contributed by atoms with E-state index in [0.29, 0.717) is 0 Å². The second-order valence-electron chi connectivity index (χ2n) is 6.83. The maximum absolute atomic E-state index is 4.87. The van der Waals surface area contributed by atoms with Crippen molar-refractivity contribution in [2.75, 3.05) is 13.1 Å². The van der Waals surface area contributed by atoms with Gasteiger partial charge in [-0.2, -0.15) is 0 Å². The van der Waals surface area contributed by atoms with Gasteiger partial charge in [-0.25, -0.2) is 4.99 Å². The Labute approximate surface area is 131 Å². The zero-order chi connectivity index (χ0) is 15.2. The minimum atomic E-state index is 0.789. The predicted octanol–water partition coefficient (Wildman–Crippen LogP) is 5.32. The lowest BCUT2D eigenvalue weighted by molar-refractivity contribution is 0.281. The maximum atomic E-state index is 4.87. The van der Waals surface area contributed by atoms with Gasteiger partial charge in [-0.3, -0.25) is 0 Å². The smallest absolute Gasteiger partial charge is 0.128 e. The molecule has 2 aliphatic rings. The van der Waals surface area contributed by atoms with Crippen molar-refractivity contribution in [1.29, 1.82) is 0 Å². The molecular formula is C19H32N2. The third-order valence-corrected chi connectivity index (χ3v) is 4.87. The van der Waals surface area contributed by atoms with Crippen molar-refractivity contribution in [2.24, 2.45) is 10.9 Å². The zero-order valence-electron chi connectivity index (χ0n) is 14.4. The summed E-state index contributed by atoms with van der Waals surface area (Å²) in [6, 6.07) is 0. The molecular weight excluding hydrogens is 256 g/mol. The summed E-state index contributed by atoms with van der Waals surface area (Å²) < 4.78 is 0. The van der Waals surface area contributed by atoms with Gasteiger partial charge in [0.15, 0.2) is 0 Å². The highest BCUT2D eigenvalue weighted by Gasteiger charge is 2.23. The molecule has 1 saturated heterocycles. The minimum absolute atomic E-state index is 0.789. The van der Waals surface area contributed by atoms with Crippen LogP contribution in [0.3, 0.4) is 0 Å². The van der Waals surface area contributed by atoms with Gasteiger partial charge in [0, 0.05) is 18.8 Å². The van der Waals surface area contributed by atoms with Crippen molar-refractivity contribution in [2.45, 2.75) is 72.6 Å². The summed E-state index contributed by atoms with van der Waals surface area (Å²) in [7, 11) is 0. The second kappa shape index (κ2) is 7.82. The number of likely N-dealkylation sites (tertiary alicyclic amines) is 1. The van der Waals surface area contributed by atoms with Crippen LogP contribution in [0.1, 0.15) is 72.6 Å². The standard InChI is InChI=1S/C19H32N2/c1-5-16(4)18(17-10-9-11-17)14-19(20-15(2)3)21-12-7-6-8-13-21/h14,17H,5-13H2,1-4H3/b18-16-,19-14+. The van der Waals surface area contributed by atoms with Crippen LogP contribution < -0.4 is 0 Å². The van der Waals surface area contributed by atoms with Gasteiger partial charge in [0.25, 0.3) is 0 Å². The van der Waals surface area contributed by atoms with E-state index in [2.05, 4.69) is 38.7 Å². The lowest BCUT2D eigenvalue weighted by Crippen LogP contribution is -2.29. The number of aliphatic imine (C=N–C) groups is 1. The van der Waals surface area contributed by atoms with Crippen LogP contribution in [0.15, 0.2) is 28.0 Å². The van der Waals surface area contributed by atoms with Crippen molar-refractivity contribution in [3.05, 3.63) is 23.0 Å². The zero-order valence-corrected chi connectivity index (χ0v) is 14.4. The van der Waals surface area contributed by atoms with Crippen LogP contribution >= 0.6 is 0 Å². The Morgan fingerprint density at radius 1 is 1.05 bits per heavy atom. The van der Waals surface area contributed by atoms with E-state index in [1.54, 1.807) is 11.1 Å². The summed E-state index contributed by atoms with van der Waals surface area (Å²) in [6.07, 6.45) is 11.7. The van der Waals surface area contributed by atoms with Crippen molar-refractivity contribution in [3.8, 4) is 0 Å². The number of hydrogen-bond donors (Lipinski definition) is 0. The van der Waals surface area contributed by atoms with Crippen molar-refractivity contribution in [3.63, 3.8) is 0 Å². The van der Waals surface area contributed by atoms with E-state index in [9.17, 15) is 0 Å². The number of nitrogens with zero attached hydrogens (tertiary/aromatic N) is 2. The summed E-state index contributed by atoms with van der Waals surface area (Å²) in [5.41, 5.74) is 4.29. The largest absolute Gasteiger partial charge is 0.357 e. The van der Waals surface area contributed by atoms with Crippen LogP contribution in [0.4, 0.5) is 0 Å². The summed E-state index contributed by atoms with van der Waals surface area (Å²) in [5.74, 6) is 2.00. The number of hydrogen-bond acceptors (Lipinski definition) is 2. The van der Waals surface area contributed by atoms with Crippen LogP contribution in [-0.4, -0.2) is 23.7 Å². The Morgan fingerprint density at radius 3 is 2.19 bits per heavy atom. The van der Waals surface area contributed by atoms with E-state index < -0.39 is 0 Å². The lowest BCUT2D eigenvalue weighted by Gasteiger charge is -2.32. The molecule has 0 aromatic heterocycles. The van der Waals surface area contributed by atoms with Crippen molar-refractivity contribution < 1.29 is 0 Å². The molecule has 1 aliphatic carbocycles. The summed E-state index contributed by atoms with van der Waals surface area (Å²) >= 11 is 0. The Morgan fingerprint density at radius 2 is 1.71 bits per heavy atom. The molecule has 0 aromatic carbocycles. The van der Waals surface area contributed by atoms with E-state index >= 15 is 0 Å². The first-order valence-corrected chi connectivity index (χ1v) is 8.80. The fourth-order valence-corrected chi connectivity index (χ4v) is 3.20. The number of piperidine rings is 1. The van der Waals surface area contributed by atoms with Gasteiger partial charge in [-0.1, -0.05) is 18.9 Å². The SMILES string of the molecule is CC/C(C)=C(/C=C(\N=C(C)C)N1CCCCC1)C1CCC1. The normalized spacial score (nSPS) is 21.7. The summed E-state index contributed by atoms with van der Waals surface area (Å²) in [4.78, 5) is 7.37. The molecule has 118 valence electrons. The van der Waals surface area contributed by atoms with E-state index in [0.717, 1.165) is 18.1 Å². The highest BCUT2D eigenvalue weighted by Crippen LogP contribution is 2.37. The third-order valence-electron chi connectivity index (χ3n) is 4.87. The average molecular weight is 288 g/mol. The Kier molecular flexibility index (Phi) is 6.08. The Hall–Kier alpha value is -1.05. The van der Waals surface area contributed by atoms with Crippen LogP contribution in [-0.2, 0) is 0 Å². The van der Waals surface area contributed by atoms with Crippen LogP contribution in [0, 0.1) is 5.92 Å². The molecule has 0 spiro atoms. The van der Waals surface area contributed by atoms with Gasteiger partial charge in [0.05, 0.1) is 0 Å². The predicted molar refractivity (Wildman–Crippen MR) is 92.6 cm³/mol. The van der Waals surface area contributed by atoms with Gasteiger partial charge >= 0.3 is 0 Å². The first-order valence-electron chi connectivity index (χ1n) is 8.80. The summed E-state index contributed by atoms with van der Waals surface area (Å²) in [6.45, 7) is 11.1. The van der Waals surface area contributed by atoms with E-state index in [-0.39, 0.29) is 0 Å². The maximum Gasteiger partial charge on any atom is 0.128 e. The van der Waals surface area contributed by atoms with Crippen molar-refractivity contribution >= 4 is 5.71 Å². The lowest BCUT2D eigenvalue weighted by atomic mass is 9.77. The van der Waals surface area contributed by atoms with Gasteiger partial charge in [0.2, 0.25) is 0 Å². The Balaban J connectivity index is 2.29. The highest BCUT2D eigenvalue weighted by molar-refractivity contribution is 5.80. The van der Waals surface area contributed by atoms with Gasteiger partial charge in [-0.05, 0) is 76.9 Å². The fraction of sp³-hybridized carbons (Fsp3) is 0.737. The van der Waals surface area contributed by atoms with Crippen molar-refractivity contribution in [1.82, 2.24) is 4.90 Å². The van der Waals surface area contributed by atoms with Gasteiger partial charge in [0.1, 0.15) is 5.82 Å². The molecule has 2 fully saturated rings. The molecule has 0 unspecified atom stereocenters. The van der Waals surface area contributed by atoms with Crippen LogP contribution in [0.5, 0.6) is 0 Å². The molecule has 21 heavy (non-hydrogen) atoms. The van der Waals surface area contributed by atoms with Gasteiger partial charge < -0.3 is 4.90 Å². The van der Waals surface area contributed by atoms with Crippen LogP contribution in [0.25, 0.3) is 0 Å². The third kappa shape index (κ3) is 4.46. The van der Waals surface area contributed by atoms with Gasteiger partial charge in [-0.15, -0.1) is 0 Å². The number of rotatable bonds is 5. The average Bonchev–Trinajstić information content (AvgIpc) is 2.43. The van der Waals surface area contributed by atoms with E-state index in [1.807, 2.05) is 0 Å². The monoisotopic (exact) mass is 288 g/mol. The fourth-order valence-electron chi connectivity index (χ4n) is 3.20. The quantitative estimate of drug-likeness (QED) is 0.493. The first-order chi connectivity index (χ1) is 10.1. The molecule has 1 saturated carbocycles. The van der Waals surface area contributed by atoms with Crippen LogP contribution in [0.2, 0.25) is 0 Å². The molecule has 1 aliphatic heterocycles. The molecule has 2 nitrogen and oxygen atoms in total. The molecule has 2 rings (SSSR count). The molecule has 0 amide bonds. The molecule has 0 bridgehead atoms. The molecule has 0 radical (unpaired) electrons. The topological polar surface area (TPSA) is 15.6 Å². The number of allylic oxidation sites excluding steroid dienone is 3. The molecule has 0 N–H and O–H groups in total. The van der Waals surface area contributed by atoms with E-state index in [4.69, 9.17) is 4.99 Å². The first kappa shape index (κ1) is 16.3. The second-order valence-corrected chi connectivity index (χ2v) is 6.83.